The van der Waals surface area contributed by atoms with Crippen molar-refractivity contribution in [1.29, 1.82) is 0 Å². The molecule has 0 spiro atoms. The summed E-state index contributed by atoms with van der Waals surface area (Å²) in [5.41, 5.74) is 0.499. The monoisotopic (exact) mass is 181 g/mol. The number of ketones is 1. The van der Waals surface area contributed by atoms with Crippen LogP contribution in [0.4, 0.5) is 0 Å². The van der Waals surface area contributed by atoms with Gasteiger partial charge in [-0.1, -0.05) is 19.9 Å². The zero-order valence-electron chi connectivity index (χ0n) is 8.09. The minimum absolute atomic E-state index is 0.0198. The topological polar surface area (TPSA) is 46.2 Å². The Morgan fingerprint density at radius 2 is 2.00 bits per heavy atom. The summed E-state index contributed by atoms with van der Waals surface area (Å²) in [6.07, 6.45) is 3.91. The Kier molecular flexibility index (Phi) is 3.23. The van der Waals surface area contributed by atoms with Crippen molar-refractivity contribution in [1.82, 2.24) is 5.32 Å². The highest BCUT2D eigenvalue weighted by molar-refractivity contribution is 6.14. The van der Waals surface area contributed by atoms with Crippen LogP contribution in [-0.2, 0) is 9.59 Å². The Morgan fingerprint density at radius 3 is 2.38 bits per heavy atom. The maximum atomic E-state index is 11.2. The number of allylic oxidation sites excluding steroid dienone is 2. The summed E-state index contributed by atoms with van der Waals surface area (Å²) in [5, 5.41) is 2.58. The normalized spacial score (nSPS) is 20.1. The summed E-state index contributed by atoms with van der Waals surface area (Å²) in [5.74, 6) is 0.149. The smallest absolute Gasteiger partial charge is 0.232 e. The molecule has 0 atom stereocenters. The van der Waals surface area contributed by atoms with Gasteiger partial charge in [-0.2, -0.15) is 0 Å². The van der Waals surface area contributed by atoms with E-state index >= 15 is 0 Å². The number of amides is 1. The van der Waals surface area contributed by atoms with Crippen LogP contribution in [0.1, 0.15) is 33.1 Å². The molecular formula is C10H15NO2. The lowest BCUT2D eigenvalue weighted by atomic mass is 10.0. The van der Waals surface area contributed by atoms with Crippen molar-refractivity contribution in [3.63, 3.8) is 0 Å². The van der Waals surface area contributed by atoms with Crippen molar-refractivity contribution >= 4 is 11.7 Å². The van der Waals surface area contributed by atoms with E-state index < -0.39 is 0 Å². The molecule has 13 heavy (non-hydrogen) atoms. The van der Waals surface area contributed by atoms with Crippen molar-refractivity contribution in [3.8, 4) is 0 Å². The van der Waals surface area contributed by atoms with Crippen molar-refractivity contribution in [2.75, 3.05) is 0 Å². The summed E-state index contributed by atoms with van der Waals surface area (Å²) in [4.78, 5) is 22.0. The molecule has 0 aromatic rings. The van der Waals surface area contributed by atoms with Crippen LogP contribution in [0.3, 0.4) is 0 Å². The van der Waals surface area contributed by atoms with Gasteiger partial charge in [0.1, 0.15) is 0 Å². The van der Waals surface area contributed by atoms with Crippen LogP contribution in [0.2, 0.25) is 0 Å². The highest BCUT2D eigenvalue weighted by Gasteiger charge is 2.24. The van der Waals surface area contributed by atoms with Gasteiger partial charge >= 0.3 is 0 Å². The lowest BCUT2D eigenvalue weighted by molar-refractivity contribution is -0.121. The van der Waals surface area contributed by atoms with Crippen LogP contribution in [0.25, 0.3) is 0 Å². The van der Waals surface area contributed by atoms with Crippen molar-refractivity contribution in [2.45, 2.75) is 33.1 Å². The molecule has 0 aromatic carbocycles. The number of rotatable bonds is 3. The van der Waals surface area contributed by atoms with E-state index in [0.29, 0.717) is 11.6 Å². The van der Waals surface area contributed by atoms with Crippen LogP contribution in [0, 0.1) is 5.92 Å². The highest BCUT2D eigenvalue weighted by Crippen LogP contribution is 2.14. The molecule has 1 fully saturated rings. The van der Waals surface area contributed by atoms with Crippen LogP contribution in [-0.4, -0.2) is 11.7 Å². The maximum absolute atomic E-state index is 11.2. The predicted molar refractivity (Wildman–Crippen MR) is 49.9 cm³/mol. The molecule has 1 aliphatic heterocycles. The van der Waals surface area contributed by atoms with Crippen molar-refractivity contribution in [3.05, 3.63) is 11.8 Å². The second kappa shape index (κ2) is 4.21. The summed E-state index contributed by atoms with van der Waals surface area (Å²) in [7, 11) is 0. The number of Topliss-reactive ketones (excluding diaryl/α,β-unsaturated/α-hetero) is 1. The molecule has 3 nitrogen and oxygen atoms in total. The molecule has 1 heterocycles. The van der Waals surface area contributed by atoms with Gasteiger partial charge in [0.15, 0.2) is 5.78 Å². The fourth-order valence-electron chi connectivity index (χ4n) is 1.40. The summed E-state index contributed by atoms with van der Waals surface area (Å²) >= 11 is 0. The molecule has 0 aromatic heterocycles. The van der Waals surface area contributed by atoms with Crippen LogP contribution in [0.5, 0.6) is 0 Å². The molecule has 1 N–H and O–H groups in total. The second-order valence-electron chi connectivity index (χ2n) is 3.31. The summed E-state index contributed by atoms with van der Waals surface area (Å²) < 4.78 is 0. The molecule has 0 saturated carbocycles. The van der Waals surface area contributed by atoms with E-state index in [-0.39, 0.29) is 18.1 Å². The van der Waals surface area contributed by atoms with Crippen molar-refractivity contribution < 1.29 is 9.59 Å². The third-order valence-corrected chi connectivity index (χ3v) is 2.35. The Hall–Kier alpha value is -1.12. The number of carbonyl (C=O) groups excluding carboxylic acids is 2. The van der Waals surface area contributed by atoms with Crippen LogP contribution < -0.4 is 5.32 Å². The van der Waals surface area contributed by atoms with Gasteiger partial charge in [-0.05, 0) is 18.8 Å². The van der Waals surface area contributed by atoms with Gasteiger partial charge in [0.05, 0.1) is 12.1 Å². The first-order chi connectivity index (χ1) is 6.17. The number of nitrogens with one attached hydrogen (secondary N) is 1. The van der Waals surface area contributed by atoms with E-state index in [9.17, 15) is 9.59 Å². The predicted octanol–water partition coefficient (Wildman–Crippen LogP) is 1.40. The first-order valence-corrected chi connectivity index (χ1v) is 4.72. The zero-order valence-corrected chi connectivity index (χ0v) is 8.09. The van der Waals surface area contributed by atoms with Crippen LogP contribution in [0.15, 0.2) is 11.8 Å². The minimum Gasteiger partial charge on any atom is -0.323 e. The molecule has 1 amide bonds. The third-order valence-electron chi connectivity index (χ3n) is 2.35. The van der Waals surface area contributed by atoms with Gasteiger partial charge in [-0.25, -0.2) is 0 Å². The largest absolute Gasteiger partial charge is 0.323 e. The fourth-order valence-corrected chi connectivity index (χ4v) is 1.40. The lowest BCUT2D eigenvalue weighted by Gasteiger charge is -2.06. The van der Waals surface area contributed by atoms with E-state index in [1.54, 1.807) is 0 Å². The van der Waals surface area contributed by atoms with E-state index in [0.717, 1.165) is 12.8 Å². The molecule has 1 saturated heterocycles. The van der Waals surface area contributed by atoms with E-state index in [4.69, 9.17) is 0 Å². The van der Waals surface area contributed by atoms with Gasteiger partial charge in [-0.3, -0.25) is 9.59 Å². The Morgan fingerprint density at radius 1 is 1.38 bits per heavy atom. The zero-order chi connectivity index (χ0) is 9.84. The quantitative estimate of drug-likeness (QED) is 0.528. The number of hydrogen-bond acceptors (Lipinski definition) is 2. The number of hydrogen-bond donors (Lipinski definition) is 1. The lowest BCUT2D eigenvalue weighted by Crippen LogP contribution is -2.13. The molecule has 0 unspecified atom stereocenters. The summed E-state index contributed by atoms with van der Waals surface area (Å²) in [6.45, 7) is 4.15. The van der Waals surface area contributed by atoms with Crippen molar-refractivity contribution in [2.24, 2.45) is 5.92 Å². The molecule has 0 radical (unpaired) electrons. The van der Waals surface area contributed by atoms with E-state index in [1.807, 2.05) is 6.08 Å². The maximum Gasteiger partial charge on any atom is 0.232 e. The average Bonchev–Trinajstić information content (AvgIpc) is 2.41. The van der Waals surface area contributed by atoms with E-state index in [2.05, 4.69) is 19.2 Å². The highest BCUT2D eigenvalue weighted by atomic mass is 16.2. The third kappa shape index (κ3) is 2.41. The standard InChI is InChI=1S/C10H15NO2/c1-3-7(4-2)5-8-9(12)6-10(13)11-8/h5,7H,3-4,6H2,1-2H3,(H,11,13)/b8-5+. The van der Waals surface area contributed by atoms with Crippen LogP contribution >= 0.6 is 0 Å². The Balaban J connectivity index is 2.70. The fraction of sp³-hybridized carbons (Fsp3) is 0.600. The molecule has 72 valence electrons. The summed E-state index contributed by atoms with van der Waals surface area (Å²) in [6, 6.07) is 0. The van der Waals surface area contributed by atoms with Gasteiger partial charge in [0.2, 0.25) is 5.91 Å². The van der Waals surface area contributed by atoms with Gasteiger partial charge in [-0.15, -0.1) is 0 Å². The molecular weight excluding hydrogens is 166 g/mol. The molecule has 0 bridgehead atoms. The molecule has 1 rings (SSSR count). The Bertz CT molecular complexity index is 252. The van der Waals surface area contributed by atoms with E-state index in [1.165, 1.54) is 0 Å². The van der Waals surface area contributed by atoms with Gasteiger partial charge < -0.3 is 5.32 Å². The molecule has 1 aliphatic rings. The SMILES string of the molecule is CCC(/C=C1/NC(=O)CC1=O)CC. The average molecular weight is 181 g/mol. The van der Waals surface area contributed by atoms with Gasteiger partial charge in [0.25, 0.3) is 0 Å². The first kappa shape index (κ1) is 9.96. The second-order valence-corrected chi connectivity index (χ2v) is 3.31. The first-order valence-electron chi connectivity index (χ1n) is 4.72. The Labute approximate surface area is 78.2 Å². The van der Waals surface area contributed by atoms with Gasteiger partial charge in [0, 0.05) is 0 Å². The minimum atomic E-state index is -0.179. The molecule has 3 heteroatoms. The number of carbonyl (C=O) groups is 2. The molecule has 0 aliphatic carbocycles.